The molecular weight excluding hydrogens is 388 g/mol. The van der Waals surface area contributed by atoms with Crippen molar-refractivity contribution in [1.82, 2.24) is 15.5 Å². The Balaban J connectivity index is 1.23. The highest BCUT2D eigenvalue weighted by Crippen LogP contribution is 2.28. The topological polar surface area (TPSA) is 66.0 Å². The number of guanidine groups is 1. The van der Waals surface area contributed by atoms with E-state index in [1.807, 2.05) is 4.90 Å². The van der Waals surface area contributed by atoms with Crippen molar-refractivity contribution in [2.24, 2.45) is 10.9 Å². The summed E-state index contributed by atoms with van der Waals surface area (Å²) in [4.78, 5) is 19.1. The van der Waals surface area contributed by atoms with Gasteiger partial charge in [-0.2, -0.15) is 0 Å². The number of rotatable bonds is 6. The Kier molecular flexibility index (Phi) is 7.71. The van der Waals surface area contributed by atoms with E-state index in [-0.39, 0.29) is 12.0 Å². The molecule has 3 fully saturated rings. The summed E-state index contributed by atoms with van der Waals surface area (Å²) in [6, 6.07) is 8.63. The van der Waals surface area contributed by atoms with Gasteiger partial charge in [0.1, 0.15) is 5.75 Å². The van der Waals surface area contributed by atoms with Crippen molar-refractivity contribution in [3.63, 3.8) is 0 Å². The van der Waals surface area contributed by atoms with E-state index in [9.17, 15) is 4.79 Å². The fraction of sp³-hybridized carbons (Fsp3) is 0.680. The van der Waals surface area contributed by atoms with Gasteiger partial charge in [0.05, 0.1) is 6.10 Å². The minimum atomic E-state index is 0.262. The van der Waals surface area contributed by atoms with Gasteiger partial charge in [0.25, 0.3) is 0 Å². The van der Waals surface area contributed by atoms with Gasteiger partial charge in [0.2, 0.25) is 5.91 Å². The second-order valence-electron chi connectivity index (χ2n) is 9.35. The van der Waals surface area contributed by atoms with Gasteiger partial charge >= 0.3 is 0 Å². The van der Waals surface area contributed by atoms with Crippen LogP contribution in [0.25, 0.3) is 0 Å². The van der Waals surface area contributed by atoms with Crippen molar-refractivity contribution in [1.29, 1.82) is 0 Å². The van der Waals surface area contributed by atoms with Gasteiger partial charge in [0, 0.05) is 38.6 Å². The Hall–Kier alpha value is -2.24. The molecule has 31 heavy (non-hydrogen) atoms. The lowest BCUT2D eigenvalue weighted by Crippen LogP contribution is -2.45. The molecule has 0 spiro atoms. The SMILES string of the molecule is CN=C(NCc1cccc(OC2CCCCC2)c1)NC1CCN(C(=O)C2CCCC2)C1. The third-order valence-corrected chi connectivity index (χ3v) is 6.98. The number of benzene rings is 1. The zero-order valence-corrected chi connectivity index (χ0v) is 18.9. The molecular formula is C25H38N4O2. The highest BCUT2D eigenvalue weighted by molar-refractivity contribution is 5.81. The summed E-state index contributed by atoms with van der Waals surface area (Å²) >= 11 is 0. The summed E-state index contributed by atoms with van der Waals surface area (Å²) in [5.74, 6) is 2.38. The van der Waals surface area contributed by atoms with Gasteiger partial charge < -0.3 is 20.3 Å². The lowest BCUT2D eigenvalue weighted by molar-refractivity contribution is -0.134. The quantitative estimate of drug-likeness (QED) is 0.536. The Morgan fingerprint density at radius 3 is 2.65 bits per heavy atom. The minimum absolute atomic E-state index is 0.262. The van der Waals surface area contributed by atoms with Gasteiger partial charge in [-0.15, -0.1) is 0 Å². The monoisotopic (exact) mass is 426 g/mol. The molecule has 0 bridgehead atoms. The number of amides is 1. The third kappa shape index (κ3) is 6.14. The van der Waals surface area contributed by atoms with E-state index in [4.69, 9.17) is 4.74 Å². The number of carbonyl (C=O) groups is 1. The van der Waals surface area contributed by atoms with Crippen LogP contribution in [0.1, 0.15) is 69.8 Å². The molecule has 1 aromatic carbocycles. The lowest BCUT2D eigenvalue weighted by Gasteiger charge is -2.23. The van der Waals surface area contributed by atoms with Crippen LogP contribution in [0.15, 0.2) is 29.3 Å². The number of ether oxygens (including phenoxy) is 1. The molecule has 1 aliphatic heterocycles. The molecule has 1 unspecified atom stereocenters. The van der Waals surface area contributed by atoms with E-state index < -0.39 is 0 Å². The van der Waals surface area contributed by atoms with Gasteiger partial charge in [-0.3, -0.25) is 9.79 Å². The molecule has 6 heteroatoms. The van der Waals surface area contributed by atoms with E-state index in [0.717, 1.165) is 44.1 Å². The number of likely N-dealkylation sites (tertiary alicyclic amines) is 1. The van der Waals surface area contributed by atoms with Crippen molar-refractivity contribution in [2.45, 2.75) is 82.9 Å². The Bertz CT molecular complexity index is 754. The zero-order chi connectivity index (χ0) is 21.5. The summed E-state index contributed by atoms with van der Waals surface area (Å²) in [7, 11) is 1.80. The van der Waals surface area contributed by atoms with E-state index in [2.05, 4.69) is 39.9 Å². The molecule has 2 aliphatic carbocycles. The van der Waals surface area contributed by atoms with E-state index >= 15 is 0 Å². The molecule has 1 amide bonds. The van der Waals surface area contributed by atoms with Gasteiger partial charge in [-0.05, 0) is 62.6 Å². The molecule has 2 saturated carbocycles. The maximum Gasteiger partial charge on any atom is 0.225 e. The van der Waals surface area contributed by atoms with Crippen molar-refractivity contribution in [3.05, 3.63) is 29.8 Å². The minimum Gasteiger partial charge on any atom is -0.490 e. The first-order valence-electron chi connectivity index (χ1n) is 12.2. The summed E-state index contributed by atoms with van der Waals surface area (Å²) in [5, 5.41) is 6.93. The Morgan fingerprint density at radius 2 is 1.87 bits per heavy atom. The second kappa shape index (κ2) is 10.9. The van der Waals surface area contributed by atoms with Gasteiger partial charge in [-0.25, -0.2) is 0 Å². The van der Waals surface area contributed by atoms with E-state index in [1.54, 1.807) is 7.05 Å². The third-order valence-electron chi connectivity index (χ3n) is 6.98. The fourth-order valence-electron chi connectivity index (χ4n) is 5.19. The molecule has 0 radical (unpaired) electrons. The largest absolute Gasteiger partial charge is 0.490 e. The molecule has 6 nitrogen and oxygen atoms in total. The van der Waals surface area contributed by atoms with Crippen LogP contribution in [-0.4, -0.2) is 49.0 Å². The summed E-state index contributed by atoms with van der Waals surface area (Å²) in [6.45, 7) is 2.32. The molecule has 1 saturated heterocycles. The molecule has 2 N–H and O–H groups in total. The van der Waals surface area contributed by atoms with Crippen LogP contribution in [0, 0.1) is 5.92 Å². The van der Waals surface area contributed by atoms with Crippen molar-refractivity contribution in [3.8, 4) is 5.75 Å². The van der Waals surface area contributed by atoms with E-state index in [0.29, 0.717) is 18.6 Å². The van der Waals surface area contributed by atoms with Crippen molar-refractivity contribution < 1.29 is 9.53 Å². The molecule has 1 heterocycles. The van der Waals surface area contributed by atoms with Crippen LogP contribution in [-0.2, 0) is 11.3 Å². The zero-order valence-electron chi connectivity index (χ0n) is 18.9. The first-order valence-corrected chi connectivity index (χ1v) is 12.2. The van der Waals surface area contributed by atoms with Gasteiger partial charge in [-0.1, -0.05) is 31.4 Å². The smallest absolute Gasteiger partial charge is 0.225 e. The van der Waals surface area contributed by atoms with Crippen LogP contribution in [0.4, 0.5) is 0 Å². The number of aliphatic imine (C=N–C) groups is 1. The Labute approximate surface area is 186 Å². The first-order chi connectivity index (χ1) is 15.2. The normalized spacial score (nSPS) is 23.2. The standard InChI is InChI=1S/C25H38N4O2/c1-26-25(28-21-14-15-29(18-21)24(30)20-9-5-6-10-20)27-17-19-8-7-13-23(16-19)31-22-11-3-2-4-12-22/h7-8,13,16,20-22H,2-6,9-12,14-15,17-18H2,1H3,(H2,26,27,28). The second-order valence-corrected chi connectivity index (χ2v) is 9.35. The summed E-state index contributed by atoms with van der Waals surface area (Å²) in [6.07, 6.45) is 12.1. The van der Waals surface area contributed by atoms with Crippen molar-refractivity contribution in [2.75, 3.05) is 20.1 Å². The summed E-state index contributed by atoms with van der Waals surface area (Å²) < 4.78 is 6.20. The molecule has 170 valence electrons. The number of nitrogens with zero attached hydrogens (tertiary/aromatic N) is 2. The molecule has 1 atom stereocenters. The fourth-order valence-corrected chi connectivity index (χ4v) is 5.19. The van der Waals surface area contributed by atoms with Crippen molar-refractivity contribution >= 4 is 11.9 Å². The number of carbonyl (C=O) groups excluding carboxylic acids is 1. The average Bonchev–Trinajstić information content (AvgIpc) is 3.50. The number of hydrogen-bond donors (Lipinski definition) is 2. The number of hydrogen-bond acceptors (Lipinski definition) is 3. The molecule has 1 aromatic rings. The predicted molar refractivity (Wildman–Crippen MR) is 124 cm³/mol. The van der Waals surface area contributed by atoms with Crippen LogP contribution in [0.3, 0.4) is 0 Å². The highest BCUT2D eigenvalue weighted by Gasteiger charge is 2.32. The van der Waals surface area contributed by atoms with Crippen LogP contribution >= 0.6 is 0 Å². The lowest BCUT2D eigenvalue weighted by atomic mass is 9.98. The molecule has 4 rings (SSSR count). The number of nitrogens with one attached hydrogen (secondary N) is 2. The maximum atomic E-state index is 12.7. The first kappa shape index (κ1) is 22.0. The Morgan fingerprint density at radius 1 is 1.10 bits per heavy atom. The summed E-state index contributed by atoms with van der Waals surface area (Å²) in [5.41, 5.74) is 1.18. The predicted octanol–water partition coefficient (Wildman–Crippen LogP) is 3.85. The van der Waals surface area contributed by atoms with Gasteiger partial charge in [0.15, 0.2) is 5.96 Å². The van der Waals surface area contributed by atoms with Crippen LogP contribution in [0.5, 0.6) is 5.75 Å². The van der Waals surface area contributed by atoms with Crippen LogP contribution < -0.4 is 15.4 Å². The molecule has 0 aromatic heterocycles. The van der Waals surface area contributed by atoms with E-state index in [1.165, 1.54) is 50.5 Å². The molecule has 3 aliphatic rings. The average molecular weight is 427 g/mol. The van der Waals surface area contributed by atoms with Crippen LogP contribution in [0.2, 0.25) is 0 Å². The highest BCUT2D eigenvalue weighted by atomic mass is 16.5. The maximum absolute atomic E-state index is 12.7.